The average molecular weight is 221 g/mol. The molecule has 0 unspecified atom stereocenters. The lowest BCUT2D eigenvalue weighted by Gasteiger charge is -2.14. The van der Waals surface area contributed by atoms with Crippen molar-refractivity contribution in [3.8, 4) is 5.75 Å². The SMILES string of the molecule is CNC(=O)Oc1ccccc1C1OC=CO1. The molecule has 1 aromatic carbocycles. The van der Waals surface area contributed by atoms with Crippen LogP contribution < -0.4 is 10.1 Å². The van der Waals surface area contributed by atoms with Crippen LogP contribution in [0.1, 0.15) is 11.9 Å². The van der Waals surface area contributed by atoms with Crippen LogP contribution in [0.25, 0.3) is 0 Å². The predicted octanol–water partition coefficient (Wildman–Crippen LogP) is 1.92. The number of rotatable bonds is 2. The number of benzene rings is 1. The van der Waals surface area contributed by atoms with Crippen LogP contribution in [0.5, 0.6) is 5.75 Å². The van der Waals surface area contributed by atoms with Gasteiger partial charge in [-0.2, -0.15) is 0 Å². The van der Waals surface area contributed by atoms with Crippen molar-refractivity contribution in [3.05, 3.63) is 42.4 Å². The summed E-state index contributed by atoms with van der Waals surface area (Å²) in [7, 11) is 1.50. The third kappa shape index (κ3) is 2.08. The second-order valence-corrected chi connectivity index (χ2v) is 3.05. The molecule has 0 radical (unpaired) electrons. The molecule has 0 aliphatic carbocycles. The summed E-state index contributed by atoms with van der Waals surface area (Å²) in [6.45, 7) is 0. The number of nitrogens with one attached hydrogen (secondary N) is 1. The Morgan fingerprint density at radius 3 is 2.69 bits per heavy atom. The molecule has 16 heavy (non-hydrogen) atoms. The number of hydrogen-bond donors (Lipinski definition) is 1. The molecule has 5 nitrogen and oxygen atoms in total. The first kappa shape index (κ1) is 10.4. The Hall–Kier alpha value is -2.17. The van der Waals surface area contributed by atoms with Crippen molar-refractivity contribution in [2.75, 3.05) is 7.05 Å². The molecule has 84 valence electrons. The fourth-order valence-corrected chi connectivity index (χ4v) is 1.30. The highest BCUT2D eigenvalue weighted by Gasteiger charge is 2.20. The van der Waals surface area contributed by atoms with Crippen LogP contribution in [0, 0.1) is 0 Å². The van der Waals surface area contributed by atoms with Crippen LogP contribution in [0.15, 0.2) is 36.8 Å². The van der Waals surface area contributed by atoms with E-state index >= 15 is 0 Å². The van der Waals surface area contributed by atoms with E-state index < -0.39 is 12.4 Å². The van der Waals surface area contributed by atoms with Gasteiger partial charge in [0.05, 0.1) is 5.56 Å². The molecule has 1 aliphatic rings. The smallest absolute Gasteiger partial charge is 0.412 e. The average Bonchev–Trinajstić information content (AvgIpc) is 2.83. The van der Waals surface area contributed by atoms with E-state index in [-0.39, 0.29) is 0 Å². The molecular weight excluding hydrogens is 210 g/mol. The summed E-state index contributed by atoms with van der Waals surface area (Å²) >= 11 is 0. The van der Waals surface area contributed by atoms with Crippen molar-refractivity contribution >= 4 is 6.09 Å². The lowest BCUT2D eigenvalue weighted by atomic mass is 10.2. The first-order valence-corrected chi connectivity index (χ1v) is 4.75. The van der Waals surface area contributed by atoms with Gasteiger partial charge in [-0.15, -0.1) is 0 Å². The number of para-hydroxylation sites is 1. The third-order valence-corrected chi connectivity index (χ3v) is 2.04. The van der Waals surface area contributed by atoms with Gasteiger partial charge in [-0.05, 0) is 12.1 Å². The first-order chi connectivity index (χ1) is 7.81. The normalized spacial score (nSPS) is 14.1. The van der Waals surface area contributed by atoms with Crippen LogP contribution in [0.2, 0.25) is 0 Å². The van der Waals surface area contributed by atoms with E-state index in [1.165, 1.54) is 19.6 Å². The lowest BCUT2D eigenvalue weighted by Crippen LogP contribution is -2.22. The molecule has 1 aromatic rings. The Labute approximate surface area is 92.6 Å². The number of carbonyl (C=O) groups is 1. The molecule has 1 aliphatic heterocycles. The van der Waals surface area contributed by atoms with Crippen molar-refractivity contribution in [1.82, 2.24) is 5.32 Å². The highest BCUT2D eigenvalue weighted by molar-refractivity contribution is 5.70. The van der Waals surface area contributed by atoms with E-state index in [9.17, 15) is 4.79 Å². The standard InChI is InChI=1S/C11H11NO4/c1-12-11(13)16-9-5-3-2-4-8(9)10-14-6-7-15-10/h2-7,10H,1H3,(H,12,13). The Balaban J connectivity index is 2.20. The van der Waals surface area contributed by atoms with Gasteiger partial charge in [0, 0.05) is 7.05 Å². The highest BCUT2D eigenvalue weighted by Crippen LogP contribution is 2.31. The molecule has 1 amide bonds. The molecule has 0 aromatic heterocycles. The molecule has 0 saturated carbocycles. The summed E-state index contributed by atoms with van der Waals surface area (Å²) in [6, 6.07) is 7.03. The van der Waals surface area contributed by atoms with Gasteiger partial charge in [-0.1, -0.05) is 12.1 Å². The summed E-state index contributed by atoms with van der Waals surface area (Å²) in [4.78, 5) is 11.1. The Kier molecular flexibility index (Phi) is 2.95. The van der Waals surface area contributed by atoms with Crippen LogP contribution in [-0.2, 0) is 9.47 Å². The molecule has 5 heteroatoms. The maximum atomic E-state index is 11.1. The molecule has 0 atom stereocenters. The number of hydrogen-bond acceptors (Lipinski definition) is 4. The van der Waals surface area contributed by atoms with E-state index in [0.717, 1.165) is 0 Å². The number of ether oxygens (including phenoxy) is 3. The Morgan fingerprint density at radius 1 is 1.31 bits per heavy atom. The second kappa shape index (κ2) is 4.57. The number of carbonyl (C=O) groups excluding carboxylic acids is 1. The van der Waals surface area contributed by atoms with E-state index in [1.807, 2.05) is 6.07 Å². The minimum atomic E-state index is -0.555. The maximum absolute atomic E-state index is 11.1. The van der Waals surface area contributed by atoms with E-state index in [4.69, 9.17) is 14.2 Å². The molecule has 0 fully saturated rings. The molecule has 0 spiro atoms. The fraction of sp³-hybridized carbons (Fsp3) is 0.182. The van der Waals surface area contributed by atoms with Gasteiger partial charge in [-0.3, -0.25) is 0 Å². The summed E-state index contributed by atoms with van der Waals surface area (Å²) < 4.78 is 15.4. The number of amides is 1. The molecule has 2 rings (SSSR count). The molecule has 1 heterocycles. The van der Waals surface area contributed by atoms with Gasteiger partial charge in [-0.25, -0.2) is 4.79 Å². The summed E-state index contributed by atoms with van der Waals surface area (Å²) in [5.74, 6) is 0.413. The molecule has 0 bridgehead atoms. The monoisotopic (exact) mass is 221 g/mol. The van der Waals surface area contributed by atoms with Crippen molar-refractivity contribution in [1.29, 1.82) is 0 Å². The van der Waals surface area contributed by atoms with Gasteiger partial charge in [0.25, 0.3) is 6.29 Å². The predicted molar refractivity (Wildman–Crippen MR) is 55.6 cm³/mol. The third-order valence-electron chi connectivity index (χ3n) is 2.04. The van der Waals surface area contributed by atoms with Gasteiger partial charge < -0.3 is 19.5 Å². The van der Waals surface area contributed by atoms with Crippen LogP contribution in [0.4, 0.5) is 4.79 Å². The van der Waals surface area contributed by atoms with Crippen molar-refractivity contribution < 1.29 is 19.0 Å². The van der Waals surface area contributed by atoms with Crippen LogP contribution in [0.3, 0.4) is 0 Å². The largest absolute Gasteiger partial charge is 0.455 e. The van der Waals surface area contributed by atoms with E-state index in [1.54, 1.807) is 18.2 Å². The van der Waals surface area contributed by atoms with Crippen LogP contribution in [-0.4, -0.2) is 13.1 Å². The first-order valence-electron chi connectivity index (χ1n) is 4.75. The molecule has 0 saturated heterocycles. The molecular formula is C11H11NO4. The van der Waals surface area contributed by atoms with Crippen molar-refractivity contribution in [2.24, 2.45) is 0 Å². The minimum absolute atomic E-state index is 0.413. The zero-order valence-electron chi connectivity index (χ0n) is 8.67. The van der Waals surface area contributed by atoms with Gasteiger partial charge in [0.15, 0.2) is 0 Å². The fourth-order valence-electron chi connectivity index (χ4n) is 1.30. The zero-order valence-corrected chi connectivity index (χ0v) is 8.67. The summed E-state index contributed by atoms with van der Waals surface area (Å²) in [5, 5.41) is 2.37. The van der Waals surface area contributed by atoms with Gasteiger partial charge >= 0.3 is 6.09 Å². The minimum Gasteiger partial charge on any atom is -0.455 e. The zero-order chi connectivity index (χ0) is 11.4. The summed E-state index contributed by atoms with van der Waals surface area (Å²) in [6.07, 6.45) is 1.81. The van der Waals surface area contributed by atoms with Crippen LogP contribution >= 0.6 is 0 Å². The van der Waals surface area contributed by atoms with Gasteiger partial charge in [0.1, 0.15) is 18.3 Å². The van der Waals surface area contributed by atoms with E-state index in [0.29, 0.717) is 11.3 Å². The van der Waals surface area contributed by atoms with Crippen molar-refractivity contribution in [3.63, 3.8) is 0 Å². The lowest BCUT2D eigenvalue weighted by molar-refractivity contribution is -0.0258. The van der Waals surface area contributed by atoms with E-state index in [2.05, 4.69) is 5.32 Å². The topological polar surface area (TPSA) is 56.8 Å². The summed E-state index contributed by atoms with van der Waals surface area (Å²) in [5.41, 5.74) is 0.663. The van der Waals surface area contributed by atoms with Gasteiger partial charge in [0.2, 0.25) is 0 Å². The quantitative estimate of drug-likeness (QED) is 0.828. The Morgan fingerprint density at radius 2 is 2.00 bits per heavy atom. The maximum Gasteiger partial charge on any atom is 0.412 e. The second-order valence-electron chi connectivity index (χ2n) is 3.05. The highest BCUT2D eigenvalue weighted by atomic mass is 16.7. The van der Waals surface area contributed by atoms with Crippen molar-refractivity contribution in [2.45, 2.75) is 6.29 Å². The molecule has 1 N–H and O–H groups in total. The Bertz CT molecular complexity index is 408.